The van der Waals surface area contributed by atoms with Gasteiger partial charge in [-0.2, -0.15) is 0 Å². The van der Waals surface area contributed by atoms with E-state index in [2.05, 4.69) is 4.98 Å². The Morgan fingerprint density at radius 1 is 1.15 bits per heavy atom. The van der Waals surface area contributed by atoms with E-state index in [9.17, 15) is 19.1 Å². The monoisotopic (exact) mass is 540 g/mol. The van der Waals surface area contributed by atoms with Crippen molar-refractivity contribution >= 4 is 23.1 Å². The molecule has 0 bridgehead atoms. The number of rotatable bonds is 8. The molecule has 0 amide bonds. The third-order valence-corrected chi connectivity index (χ3v) is 7.87. The summed E-state index contributed by atoms with van der Waals surface area (Å²) in [6.45, 7) is 1.55. The molecule has 2 aliphatic heterocycles. The van der Waals surface area contributed by atoms with Crippen molar-refractivity contribution in [3.05, 3.63) is 101 Å². The van der Waals surface area contributed by atoms with Gasteiger partial charge < -0.3 is 14.2 Å². The molecule has 4 heterocycles. The van der Waals surface area contributed by atoms with Crippen molar-refractivity contribution < 1.29 is 23.8 Å². The van der Waals surface area contributed by atoms with Gasteiger partial charge in [0, 0.05) is 66.9 Å². The number of pyridine rings is 1. The molecule has 2 atom stereocenters. The second-order valence-electron chi connectivity index (χ2n) is 10.5. The molecule has 2 aromatic carbocycles. The van der Waals surface area contributed by atoms with Crippen molar-refractivity contribution in [1.29, 1.82) is 0 Å². The summed E-state index contributed by atoms with van der Waals surface area (Å²) in [4.78, 5) is 36.4. The molecule has 204 valence electrons. The van der Waals surface area contributed by atoms with Crippen LogP contribution in [0, 0.1) is 17.7 Å². The van der Waals surface area contributed by atoms with E-state index < -0.39 is 17.7 Å². The molecule has 8 nitrogen and oxygen atoms in total. The van der Waals surface area contributed by atoms with Gasteiger partial charge in [-0.25, -0.2) is 9.37 Å². The number of piperidine rings is 1. The number of likely N-dealkylation sites (tertiary alicyclic amines) is 1. The molecule has 9 heteroatoms. The Balaban J connectivity index is 1.20. The second kappa shape index (κ2) is 10.7. The number of ether oxygens (including phenoxy) is 1. The maximum absolute atomic E-state index is 14.6. The van der Waals surface area contributed by atoms with Gasteiger partial charge in [-0.15, -0.1) is 0 Å². The first-order valence-corrected chi connectivity index (χ1v) is 13.3. The molecule has 2 aromatic heterocycles. The van der Waals surface area contributed by atoms with Crippen LogP contribution in [0.2, 0.25) is 0 Å². The van der Waals surface area contributed by atoms with Crippen LogP contribution in [-0.2, 0) is 17.9 Å². The van der Waals surface area contributed by atoms with E-state index in [1.54, 1.807) is 18.3 Å². The summed E-state index contributed by atoms with van der Waals surface area (Å²) in [6, 6.07) is 14.3. The smallest absolute Gasteiger partial charge is 0.307 e. The van der Waals surface area contributed by atoms with Crippen molar-refractivity contribution in [2.24, 2.45) is 16.8 Å². The number of hydrogen-bond donors (Lipinski definition) is 1. The minimum Gasteiger partial charge on any atom is -0.496 e. The number of aliphatic carboxylic acids is 1. The molecule has 2 aliphatic rings. The minimum atomic E-state index is -0.907. The van der Waals surface area contributed by atoms with E-state index in [1.165, 1.54) is 13.2 Å². The first kappa shape index (κ1) is 25.9. The van der Waals surface area contributed by atoms with E-state index in [-0.39, 0.29) is 31.2 Å². The molecule has 0 aliphatic carbocycles. The Bertz CT molecular complexity index is 1650. The van der Waals surface area contributed by atoms with Crippen molar-refractivity contribution in [2.75, 3.05) is 20.2 Å². The van der Waals surface area contributed by atoms with E-state index in [1.807, 2.05) is 52.0 Å². The summed E-state index contributed by atoms with van der Waals surface area (Å²) in [5.41, 5.74) is 5.61. The lowest BCUT2D eigenvalue weighted by molar-refractivity contribution is -0.144. The summed E-state index contributed by atoms with van der Waals surface area (Å²) in [5, 5.41) is 9.81. The Labute approximate surface area is 230 Å². The van der Waals surface area contributed by atoms with Gasteiger partial charge in [0.1, 0.15) is 17.2 Å². The highest BCUT2D eigenvalue weighted by molar-refractivity contribution is 6.16. The van der Waals surface area contributed by atoms with E-state index in [0.717, 1.165) is 28.0 Å². The number of ketones is 1. The third-order valence-electron chi connectivity index (χ3n) is 7.87. The molecule has 6 rings (SSSR count). The van der Waals surface area contributed by atoms with Crippen molar-refractivity contribution in [1.82, 2.24) is 14.3 Å². The number of halogens is 1. The van der Waals surface area contributed by atoms with Crippen molar-refractivity contribution in [2.45, 2.75) is 25.9 Å². The summed E-state index contributed by atoms with van der Waals surface area (Å²) >= 11 is 0. The van der Waals surface area contributed by atoms with Crippen LogP contribution in [0.3, 0.4) is 0 Å². The van der Waals surface area contributed by atoms with Gasteiger partial charge in [-0.3, -0.25) is 19.5 Å². The Morgan fingerprint density at radius 2 is 2.02 bits per heavy atom. The number of methoxy groups -OCH3 is 1. The average Bonchev–Trinajstić information content (AvgIpc) is 3.60. The molecule has 0 saturated carbocycles. The maximum atomic E-state index is 14.6. The van der Waals surface area contributed by atoms with Crippen LogP contribution in [0.1, 0.15) is 45.5 Å². The lowest BCUT2D eigenvalue weighted by Crippen LogP contribution is -2.43. The summed E-state index contributed by atoms with van der Waals surface area (Å²) in [6.07, 6.45) is 6.22. The molecule has 2 unspecified atom stereocenters. The molecular weight excluding hydrogens is 511 g/mol. The average molecular weight is 541 g/mol. The second-order valence-corrected chi connectivity index (χ2v) is 10.5. The number of carbonyl (C=O) groups excluding carboxylic acids is 1. The zero-order chi connectivity index (χ0) is 27.8. The molecule has 1 saturated heterocycles. The summed E-state index contributed by atoms with van der Waals surface area (Å²) in [7, 11) is 1.48. The quantitative estimate of drug-likeness (QED) is 0.328. The number of Topliss-reactive ketones (excluding diaryl/α,β-unsaturated/α-hetero) is 1. The number of carboxylic acids is 1. The first-order chi connectivity index (χ1) is 19.4. The van der Waals surface area contributed by atoms with E-state index >= 15 is 0 Å². The highest BCUT2D eigenvalue weighted by Gasteiger charge is 2.33. The number of aliphatic imine (C=N–C) groups is 1. The summed E-state index contributed by atoms with van der Waals surface area (Å²) in [5.74, 6) is -1.74. The van der Waals surface area contributed by atoms with Crippen molar-refractivity contribution in [3.8, 4) is 5.75 Å². The number of aromatic nitrogens is 2. The molecule has 1 N–H and O–H groups in total. The minimum absolute atomic E-state index is 0.0430. The standard InChI is InChI=1S/C31H29FN4O4/c1-40-28-4-2-3-26(32)25(28)18-35-15-19(11-23(16-35)31(38)39)12-27(37)20-5-6-21-14-34-30(24(21)13-20)22-7-8-29-33-9-10-36(29)17-22/h2-10,13,17,19,23H,11-12,14-16,18H2,1H3,(H,38,39). The van der Waals surface area contributed by atoms with Crippen LogP contribution in [0.4, 0.5) is 4.39 Å². The fourth-order valence-electron chi connectivity index (χ4n) is 5.91. The van der Waals surface area contributed by atoms with Crippen molar-refractivity contribution in [3.63, 3.8) is 0 Å². The van der Waals surface area contributed by atoms with Gasteiger partial charge in [0.15, 0.2) is 5.78 Å². The topological polar surface area (TPSA) is 96.5 Å². The lowest BCUT2D eigenvalue weighted by Gasteiger charge is -2.36. The van der Waals surface area contributed by atoms with Gasteiger partial charge >= 0.3 is 5.97 Å². The fourth-order valence-corrected chi connectivity index (χ4v) is 5.91. The largest absolute Gasteiger partial charge is 0.496 e. The molecule has 40 heavy (non-hydrogen) atoms. The van der Waals surface area contributed by atoms with Gasteiger partial charge in [0.25, 0.3) is 0 Å². The number of fused-ring (bicyclic) bond motifs is 2. The Morgan fingerprint density at radius 3 is 2.85 bits per heavy atom. The third kappa shape index (κ3) is 5.00. The lowest BCUT2D eigenvalue weighted by atomic mass is 9.84. The molecule has 1 fully saturated rings. The van der Waals surface area contributed by atoms with Gasteiger partial charge in [-0.05, 0) is 48.2 Å². The zero-order valence-electron chi connectivity index (χ0n) is 22.1. The highest BCUT2D eigenvalue weighted by Crippen LogP contribution is 2.31. The zero-order valence-corrected chi connectivity index (χ0v) is 22.1. The number of benzene rings is 2. The SMILES string of the molecule is COc1cccc(F)c1CN1CC(CC(=O)c2ccc3c(c2)C(c2ccc4nccn4c2)=NC3)CC(C(=O)O)C1. The number of imidazole rings is 1. The number of carboxylic acid groups (broad SMARTS) is 1. The van der Waals surface area contributed by atoms with Crippen LogP contribution >= 0.6 is 0 Å². The maximum Gasteiger partial charge on any atom is 0.307 e. The first-order valence-electron chi connectivity index (χ1n) is 13.3. The van der Waals surface area contributed by atoms with Gasteiger partial charge in [0.05, 0.1) is 25.3 Å². The van der Waals surface area contributed by atoms with Crippen LogP contribution < -0.4 is 4.74 Å². The van der Waals surface area contributed by atoms with Gasteiger partial charge in [0.2, 0.25) is 0 Å². The number of nitrogens with zero attached hydrogens (tertiary/aromatic N) is 4. The predicted molar refractivity (Wildman–Crippen MR) is 147 cm³/mol. The van der Waals surface area contributed by atoms with Crippen LogP contribution in [0.5, 0.6) is 5.75 Å². The van der Waals surface area contributed by atoms with Gasteiger partial charge in [-0.1, -0.05) is 18.2 Å². The highest BCUT2D eigenvalue weighted by atomic mass is 19.1. The predicted octanol–water partition coefficient (Wildman–Crippen LogP) is 4.63. The summed E-state index contributed by atoms with van der Waals surface area (Å²) < 4.78 is 21.9. The molecular formula is C31H29FN4O4. The van der Waals surface area contributed by atoms with Crippen LogP contribution in [-0.4, -0.2) is 57.1 Å². The van der Waals surface area contributed by atoms with E-state index in [4.69, 9.17) is 9.73 Å². The van der Waals surface area contributed by atoms with Crippen LogP contribution in [0.25, 0.3) is 5.65 Å². The normalized spacial score (nSPS) is 18.9. The van der Waals surface area contributed by atoms with Crippen LogP contribution in [0.15, 0.2) is 72.1 Å². The molecule has 0 spiro atoms. The fraction of sp³-hybridized carbons (Fsp3) is 0.290. The van der Waals surface area contributed by atoms with E-state index in [0.29, 0.717) is 36.4 Å². The number of hydrogen-bond acceptors (Lipinski definition) is 6. The molecule has 0 radical (unpaired) electrons. The number of carbonyl (C=O) groups is 2. The molecule has 4 aromatic rings. The Hall–Kier alpha value is -4.37. The Kier molecular flexibility index (Phi) is 6.89.